The standard InChI is InChI=1S/2C13H7F3O/c2*14-10-3-1-8(2-4-10)13(17)9-5-11(15)7-12(16)6-9/h2*1-7H. The molecule has 34 heavy (non-hydrogen) atoms. The van der Waals surface area contributed by atoms with Crippen LogP contribution >= 0.6 is 0 Å². The van der Waals surface area contributed by atoms with E-state index in [9.17, 15) is 35.9 Å². The van der Waals surface area contributed by atoms with Crippen LogP contribution in [0.5, 0.6) is 0 Å². The van der Waals surface area contributed by atoms with Crippen LogP contribution < -0.4 is 0 Å². The van der Waals surface area contributed by atoms with Gasteiger partial charge in [0.15, 0.2) is 11.6 Å². The summed E-state index contributed by atoms with van der Waals surface area (Å²) in [5, 5.41) is 0. The quantitative estimate of drug-likeness (QED) is 0.246. The molecule has 0 unspecified atom stereocenters. The molecular formula is C26H14F6O2. The monoisotopic (exact) mass is 472 g/mol. The van der Waals surface area contributed by atoms with Gasteiger partial charge in [-0.05, 0) is 72.8 Å². The summed E-state index contributed by atoms with van der Waals surface area (Å²) in [5.74, 6) is -5.36. The van der Waals surface area contributed by atoms with Crippen LogP contribution in [0.1, 0.15) is 31.8 Å². The molecule has 0 aliphatic heterocycles. The van der Waals surface area contributed by atoms with Crippen molar-refractivity contribution in [2.24, 2.45) is 0 Å². The summed E-state index contributed by atoms with van der Waals surface area (Å²) in [4.78, 5) is 23.6. The Morgan fingerprint density at radius 2 is 0.618 bits per heavy atom. The van der Waals surface area contributed by atoms with Crippen LogP contribution in [0, 0.1) is 34.9 Å². The SMILES string of the molecule is O=C(c1ccc(F)cc1)c1cc(F)cc(F)c1.O=C(c1ccc(F)cc1)c1cc(F)cc(F)c1. The van der Waals surface area contributed by atoms with Gasteiger partial charge in [-0.2, -0.15) is 0 Å². The smallest absolute Gasteiger partial charge is 0.193 e. The Labute approximate surface area is 190 Å². The molecule has 0 bridgehead atoms. The maximum absolute atomic E-state index is 12.9. The zero-order valence-corrected chi connectivity index (χ0v) is 17.2. The van der Waals surface area contributed by atoms with E-state index in [1.807, 2.05) is 0 Å². The molecule has 8 heteroatoms. The molecule has 0 saturated carbocycles. The van der Waals surface area contributed by atoms with Gasteiger partial charge < -0.3 is 0 Å². The minimum absolute atomic E-state index is 0.103. The van der Waals surface area contributed by atoms with Crippen molar-refractivity contribution >= 4 is 11.6 Å². The third-order valence-corrected chi connectivity index (χ3v) is 4.46. The van der Waals surface area contributed by atoms with Crippen LogP contribution in [0.25, 0.3) is 0 Å². The summed E-state index contributed by atoms with van der Waals surface area (Å²) >= 11 is 0. The van der Waals surface area contributed by atoms with E-state index in [0.29, 0.717) is 12.1 Å². The van der Waals surface area contributed by atoms with E-state index >= 15 is 0 Å². The topological polar surface area (TPSA) is 34.1 Å². The largest absolute Gasteiger partial charge is 0.289 e. The van der Waals surface area contributed by atoms with Gasteiger partial charge >= 0.3 is 0 Å². The molecule has 0 fully saturated rings. The van der Waals surface area contributed by atoms with Gasteiger partial charge in [-0.1, -0.05) is 0 Å². The van der Waals surface area contributed by atoms with Gasteiger partial charge in [-0.15, -0.1) is 0 Å². The van der Waals surface area contributed by atoms with Gasteiger partial charge in [0.25, 0.3) is 0 Å². The Morgan fingerprint density at radius 1 is 0.353 bits per heavy atom. The summed E-state index contributed by atoms with van der Waals surface area (Å²) < 4.78 is 77.0. The van der Waals surface area contributed by atoms with E-state index in [0.717, 1.165) is 48.5 Å². The lowest BCUT2D eigenvalue weighted by molar-refractivity contribution is 0.103. The Balaban J connectivity index is 0.000000191. The number of halogens is 6. The fourth-order valence-corrected chi connectivity index (χ4v) is 2.91. The summed E-state index contributed by atoms with van der Waals surface area (Å²) in [6.45, 7) is 0. The van der Waals surface area contributed by atoms with Gasteiger partial charge in [0.1, 0.15) is 34.9 Å². The molecule has 0 heterocycles. The van der Waals surface area contributed by atoms with Crippen molar-refractivity contribution in [1.82, 2.24) is 0 Å². The lowest BCUT2D eigenvalue weighted by atomic mass is 10.0. The van der Waals surface area contributed by atoms with Gasteiger partial charge in [0, 0.05) is 34.4 Å². The highest BCUT2D eigenvalue weighted by molar-refractivity contribution is 6.09. The normalized spacial score (nSPS) is 10.3. The van der Waals surface area contributed by atoms with Crippen LogP contribution in [0.2, 0.25) is 0 Å². The molecular weight excluding hydrogens is 458 g/mol. The third-order valence-electron chi connectivity index (χ3n) is 4.46. The molecule has 4 aromatic carbocycles. The Bertz CT molecular complexity index is 1190. The molecule has 2 nitrogen and oxygen atoms in total. The van der Waals surface area contributed by atoms with E-state index in [-0.39, 0.29) is 22.3 Å². The van der Waals surface area contributed by atoms with Gasteiger partial charge in [0.2, 0.25) is 0 Å². The Hall–Kier alpha value is -4.20. The average molecular weight is 472 g/mol. The fourth-order valence-electron chi connectivity index (χ4n) is 2.91. The van der Waals surface area contributed by atoms with Gasteiger partial charge in [-0.25, -0.2) is 26.3 Å². The predicted molar refractivity (Wildman–Crippen MR) is 112 cm³/mol. The van der Waals surface area contributed by atoms with Crippen molar-refractivity contribution in [1.29, 1.82) is 0 Å². The average Bonchev–Trinajstić information content (AvgIpc) is 2.78. The van der Waals surface area contributed by atoms with Gasteiger partial charge in [-0.3, -0.25) is 9.59 Å². The minimum atomic E-state index is -0.824. The van der Waals surface area contributed by atoms with E-state index in [4.69, 9.17) is 0 Å². The molecule has 0 spiro atoms. The van der Waals surface area contributed by atoms with Crippen molar-refractivity contribution in [2.45, 2.75) is 0 Å². The van der Waals surface area contributed by atoms with Crippen LogP contribution in [0.4, 0.5) is 26.3 Å². The minimum Gasteiger partial charge on any atom is -0.289 e. The van der Waals surface area contributed by atoms with Crippen molar-refractivity contribution < 1.29 is 35.9 Å². The van der Waals surface area contributed by atoms with E-state index < -0.39 is 46.5 Å². The van der Waals surface area contributed by atoms with Crippen LogP contribution in [-0.4, -0.2) is 11.6 Å². The third kappa shape index (κ3) is 6.41. The first kappa shape index (κ1) is 24.4. The number of hydrogen-bond acceptors (Lipinski definition) is 2. The molecule has 0 aliphatic rings. The summed E-state index contributed by atoms with van der Waals surface area (Å²) in [6.07, 6.45) is 0. The first-order valence-electron chi connectivity index (χ1n) is 9.65. The first-order valence-corrected chi connectivity index (χ1v) is 9.65. The van der Waals surface area contributed by atoms with E-state index in [1.54, 1.807) is 0 Å². The zero-order chi connectivity index (χ0) is 24.8. The summed E-state index contributed by atoms with van der Waals surface area (Å²) in [6, 6.07) is 14.6. The second-order valence-electron chi connectivity index (χ2n) is 6.99. The molecule has 4 aromatic rings. The summed E-state index contributed by atoms with van der Waals surface area (Å²) in [7, 11) is 0. The zero-order valence-electron chi connectivity index (χ0n) is 17.2. The summed E-state index contributed by atoms with van der Waals surface area (Å²) in [5.41, 5.74) is 0.149. The lowest BCUT2D eigenvalue weighted by Crippen LogP contribution is -2.02. The number of ketones is 2. The first-order chi connectivity index (χ1) is 16.1. The van der Waals surface area contributed by atoms with Crippen LogP contribution in [0.3, 0.4) is 0 Å². The fraction of sp³-hybridized carbons (Fsp3) is 0. The second kappa shape index (κ2) is 10.6. The highest BCUT2D eigenvalue weighted by Crippen LogP contribution is 2.15. The Morgan fingerprint density at radius 3 is 0.882 bits per heavy atom. The number of rotatable bonds is 4. The molecule has 4 rings (SSSR count). The van der Waals surface area contributed by atoms with Gasteiger partial charge in [0.05, 0.1) is 0 Å². The van der Waals surface area contributed by atoms with Crippen molar-refractivity contribution in [3.63, 3.8) is 0 Å². The van der Waals surface area contributed by atoms with Crippen molar-refractivity contribution in [2.75, 3.05) is 0 Å². The van der Waals surface area contributed by atoms with E-state index in [1.165, 1.54) is 24.3 Å². The molecule has 0 aliphatic carbocycles. The molecule has 0 N–H and O–H groups in total. The highest BCUT2D eigenvalue weighted by Gasteiger charge is 2.12. The molecule has 0 atom stereocenters. The maximum atomic E-state index is 12.9. The highest BCUT2D eigenvalue weighted by atomic mass is 19.2. The van der Waals surface area contributed by atoms with E-state index in [2.05, 4.69) is 0 Å². The lowest BCUT2D eigenvalue weighted by Gasteiger charge is -2.01. The number of carbonyl (C=O) groups is 2. The molecule has 0 amide bonds. The maximum Gasteiger partial charge on any atom is 0.193 e. The second-order valence-corrected chi connectivity index (χ2v) is 6.99. The Kier molecular flexibility index (Phi) is 7.63. The number of benzene rings is 4. The number of hydrogen-bond donors (Lipinski definition) is 0. The van der Waals surface area contributed by atoms with Crippen LogP contribution in [0.15, 0.2) is 84.9 Å². The molecule has 0 saturated heterocycles. The van der Waals surface area contributed by atoms with Crippen molar-refractivity contribution in [3.8, 4) is 0 Å². The molecule has 0 radical (unpaired) electrons. The van der Waals surface area contributed by atoms with Crippen LogP contribution in [-0.2, 0) is 0 Å². The van der Waals surface area contributed by atoms with Crippen molar-refractivity contribution in [3.05, 3.63) is 142 Å². The molecule has 172 valence electrons. The predicted octanol–water partition coefficient (Wildman–Crippen LogP) is 6.67. The molecule has 0 aromatic heterocycles. The number of carbonyl (C=O) groups excluding carboxylic acids is 2.